The predicted octanol–water partition coefficient (Wildman–Crippen LogP) is 2.51. The zero-order valence-electron chi connectivity index (χ0n) is 12.6. The molecule has 1 unspecified atom stereocenters. The summed E-state index contributed by atoms with van der Waals surface area (Å²) in [6, 6.07) is 9.94. The van der Waals surface area contributed by atoms with Gasteiger partial charge in [-0.25, -0.2) is 8.42 Å². The van der Waals surface area contributed by atoms with E-state index in [4.69, 9.17) is 0 Å². The number of aromatic nitrogens is 2. The van der Waals surface area contributed by atoms with E-state index in [1.54, 1.807) is 0 Å². The SMILES string of the molecule is CC(Nc1nnc(Cc2ccccc2)s1)C1(S(C)(=O)=O)CC1. The van der Waals surface area contributed by atoms with Crippen molar-refractivity contribution in [1.82, 2.24) is 10.2 Å². The summed E-state index contributed by atoms with van der Waals surface area (Å²) in [6.07, 6.45) is 3.50. The van der Waals surface area contributed by atoms with Crippen LogP contribution in [0.25, 0.3) is 0 Å². The second-order valence-electron chi connectivity index (χ2n) is 5.87. The molecule has 3 rings (SSSR count). The van der Waals surface area contributed by atoms with Gasteiger partial charge in [-0.1, -0.05) is 41.7 Å². The highest BCUT2D eigenvalue weighted by Gasteiger charge is 2.56. The lowest BCUT2D eigenvalue weighted by molar-refractivity contribution is 0.568. The van der Waals surface area contributed by atoms with Crippen molar-refractivity contribution in [3.05, 3.63) is 40.9 Å². The van der Waals surface area contributed by atoms with Crippen LogP contribution in [0.15, 0.2) is 30.3 Å². The number of benzene rings is 1. The van der Waals surface area contributed by atoms with Crippen molar-refractivity contribution < 1.29 is 8.42 Å². The molecule has 2 aromatic rings. The third kappa shape index (κ3) is 3.01. The standard InChI is InChI=1S/C15H19N3O2S2/c1-11(15(8-9-15)22(2,19)20)16-14-18-17-13(21-14)10-12-6-4-3-5-7-12/h3-7,11H,8-10H2,1-2H3,(H,16,18). The van der Waals surface area contributed by atoms with Gasteiger partial charge in [0.2, 0.25) is 5.13 Å². The van der Waals surface area contributed by atoms with Crippen molar-refractivity contribution in [2.75, 3.05) is 11.6 Å². The zero-order chi connectivity index (χ0) is 15.8. The minimum absolute atomic E-state index is 0.153. The van der Waals surface area contributed by atoms with Crippen LogP contribution in [0, 0.1) is 0 Å². The molecule has 0 radical (unpaired) electrons. The summed E-state index contributed by atoms with van der Waals surface area (Å²) in [5, 5.41) is 13.2. The number of sulfone groups is 1. The van der Waals surface area contributed by atoms with Crippen molar-refractivity contribution in [3.63, 3.8) is 0 Å². The first-order chi connectivity index (χ1) is 10.4. The molecule has 0 spiro atoms. The topological polar surface area (TPSA) is 72.0 Å². The highest BCUT2D eigenvalue weighted by Crippen LogP contribution is 2.47. The molecule has 7 heteroatoms. The van der Waals surface area contributed by atoms with Gasteiger partial charge in [0.05, 0.1) is 4.75 Å². The Kier molecular flexibility index (Phi) is 3.94. The van der Waals surface area contributed by atoms with Crippen molar-refractivity contribution in [2.45, 2.75) is 37.0 Å². The molecule has 5 nitrogen and oxygen atoms in total. The first-order valence-electron chi connectivity index (χ1n) is 7.23. The monoisotopic (exact) mass is 337 g/mol. The summed E-state index contributed by atoms with van der Waals surface area (Å²) in [5.41, 5.74) is 1.19. The molecule has 1 aromatic heterocycles. The maximum absolute atomic E-state index is 11.9. The highest BCUT2D eigenvalue weighted by molar-refractivity contribution is 7.92. The summed E-state index contributed by atoms with van der Waals surface area (Å²) in [6.45, 7) is 1.91. The largest absolute Gasteiger partial charge is 0.356 e. The second kappa shape index (κ2) is 5.62. The molecular formula is C15H19N3O2S2. The normalized spacial score (nSPS) is 17.9. The Hall–Kier alpha value is -1.47. The maximum atomic E-state index is 11.9. The van der Waals surface area contributed by atoms with Crippen LogP contribution in [-0.2, 0) is 16.3 Å². The average molecular weight is 337 g/mol. The lowest BCUT2D eigenvalue weighted by Crippen LogP contribution is -2.39. The maximum Gasteiger partial charge on any atom is 0.205 e. The summed E-state index contributed by atoms with van der Waals surface area (Å²) in [5.74, 6) is 0. The number of nitrogens with zero attached hydrogens (tertiary/aromatic N) is 2. The first kappa shape index (κ1) is 15.4. The van der Waals surface area contributed by atoms with Gasteiger partial charge in [0.25, 0.3) is 0 Å². The van der Waals surface area contributed by atoms with Gasteiger partial charge in [-0.3, -0.25) is 0 Å². The first-order valence-corrected chi connectivity index (χ1v) is 9.94. The molecule has 1 aromatic carbocycles. The molecule has 1 heterocycles. The van der Waals surface area contributed by atoms with E-state index < -0.39 is 14.6 Å². The quantitative estimate of drug-likeness (QED) is 0.877. The van der Waals surface area contributed by atoms with Gasteiger partial charge in [-0.2, -0.15) is 0 Å². The van der Waals surface area contributed by atoms with Crippen LogP contribution < -0.4 is 5.32 Å². The van der Waals surface area contributed by atoms with Crippen LogP contribution in [-0.4, -0.2) is 35.7 Å². The Morgan fingerprint density at radius 1 is 1.27 bits per heavy atom. The van der Waals surface area contributed by atoms with Gasteiger partial charge in [0, 0.05) is 18.7 Å². The van der Waals surface area contributed by atoms with E-state index in [0.717, 1.165) is 24.3 Å². The van der Waals surface area contributed by atoms with E-state index >= 15 is 0 Å². The van der Waals surface area contributed by atoms with E-state index in [2.05, 4.69) is 27.6 Å². The molecule has 0 bridgehead atoms. The van der Waals surface area contributed by atoms with Crippen LogP contribution in [0.5, 0.6) is 0 Å². The van der Waals surface area contributed by atoms with Gasteiger partial charge in [-0.15, -0.1) is 10.2 Å². The minimum Gasteiger partial charge on any atom is -0.356 e. The Balaban J connectivity index is 1.68. The Bertz CT molecular complexity index is 752. The van der Waals surface area contributed by atoms with Crippen molar-refractivity contribution in [3.8, 4) is 0 Å². The number of anilines is 1. The third-order valence-corrected chi connectivity index (χ3v) is 7.37. The molecule has 1 aliphatic carbocycles. The number of hydrogen-bond donors (Lipinski definition) is 1. The van der Waals surface area contributed by atoms with Crippen LogP contribution >= 0.6 is 11.3 Å². The third-order valence-electron chi connectivity index (χ3n) is 4.28. The lowest BCUT2D eigenvalue weighted by Gasteiger charge is -2.22. The summed E-state index contributed by atoms with van der Waals surface area (Å²) in [7, 11) is -3.06. The molecule has 0 saturated heterocycles. The van der Waals surface area contributed by atoms with E-state index in [1.165, 1.54) is 23.2 Å². The molecule has 1 saturated carbocycles. The number of hydrogen-bond acceptors (Lipinski definition) is 6. The van der Waals surface area contributed by atoms with Crippen LogP contribution in [0.4, 0.5) is 5.13 Å². The van der Waals surface area contributed by atoms with Gasteiger partial charge < -0.3 is 5.32 Å². The van der Waals surface area contributed by atoms with Gasteiger partial charge in [0.15, 0.2) is 9.84 Å². The van der Waals surface area contributed by atoms with E-state index in [-0.39, 0.29) is 6.04 Å². The number of rotatable bonds is 6. The van der Waals surface area contributed by atoms with Crippen LogP contribution in [0.3, 0.4) is 0 Å². The molecule has 1 atom stereocenters. The van der Waals surface area contributed by atoms with Crippen molar-refractivity contribution in [2.24, 2.45) is 0 Å². The molecule has 1 N–H and O–H groups in total. The van der Waals surface area contributed by atoms with Crippen LogP contribution in [0.1, 0.15) is 30.3 Å². The Morgan fingerprint density at radius 3 is 2.55 bits per heavy atom. The van der Waals surface area contributed by atoms with E-state index in [0.29, 0.717) is 5.13 Å². The Morgan fingerprint density at radius 2 is 1.95 bits per heavy atom. The van der Waals surface area contributed by atoms with E-state index in [9.17, 15) is 8.42 Å². The Labute approximate surface area is 134 Å². The minimum atomic E-state index is -3.06. The highest BCUT2D eigenvalue weighted by atomic mass is 32.2. The lowest BCUT2D eigenvalue weighted by atomic mass is 10.2. The fourth-order valence-corrected chi connectivity index (χ4v) is 5.12. The fraction of sp³-hybridized carbons (Fsp3) is 0.467. The van der Waals surface area contributed by atoms with Gasteiger partial charge in [0.1, 0.15) is 5.01 Å². The summed E-state index contributed by atoms with van der Waals surface area (Å²) in [4.78, 5) is 0. The average Bonchev–Trinajstić information content (AvgIpc) is 3.18. The fourth-order valence-electron chi connectivity index (χ4n) is 2.72. The molecular weight excluding hydrogens is 318 g/mol. The summed E-state index contributed by atoms with van der Waals surface area (Å²) >= 11 is 1.48. The van der Waals surface area contributed by atoms with Crippen molar-refractivity contribution >= 4 is 26.3 Å². The van der Waals surface area contributed by atoms with Crippen LogP contribution in [0.2, 0.25) is 0 Å². The molecule has 22 heavy (non-hydrogen) atoms. The molecule has 0 amide bonds. The molecule has 1 fully saturated rings. The summed E-state index contributed by atoms with van der Waals surface area (Å²) < 4.78 is 23.2. The zero-order valence-corrected chi connectivity index (χ0v) is 14.2. The second-order valence-corrected chi connectivity index (χ2v) is 9.29. The number of nitrogens with one attached hydrogen (secondary N) is 1. The molecule has 1 aliphatic rings. The molecule has 0 aliphatic heterocycles. The molecule has 118 valence electrons. The van der Waals surface area contributed by atoms with Gasteiger partial charge >= 0.3 is 0 Å². The predicted molar refractivity (Wildman–Crippen MR) is 89.1 cm³/mol. The van der Waals surface area contributed by atoms with Gasteiger partial charge in [-0.05, 0) is 25.3 Å². The smallest absolute Gasteiger partial charge is 0.205 e. The van der Waals surface area contributed by atoms with Crippen molar-refractivity contribution in [1.29, 1.82) is 0 Å². The van der Waals surface area contributed by atoms with E-state index in [1.807, 2.05) is 25.1 Å².